The van der Waals surface area contributed by atoms with Gasteiger partial charge >= 0.3 is 0 Å². The van der Waals surface area contributed by atoms with Gasteiger partial charge in [0.25, 0.3) is 5.91 Å². The van der Waals surface area contributed by atoms with Crippen molar-refractivity contribution < 1.29 is 9.59 Å². The van der Waals surface area contributed by atoms with E-state index in [0.717, 1.165) is 42.8 Å². The summed E-state index contributed by atoms with van der Waals surface area (Å²) in [7, 11) is 0. The van der Waals surface area contributed by atoms with E-state index in [1.165, 1.54) is 29.7 Å². The molecule has 1 atom stereocenters. The van der Waals surface area contributed by atoms with Crippen molar-refractivity contribution in [1.82, 2.24) is 5.32 Å². The summed E-state index contributed by atoms with van der Waals surface area (Å²) < 4.78 is 0. The van der Waals surface area contributed by atoms with Crippen molar-refractivity contribution in [1.29, 1.82) is 0 Å². The first-order valence-electron chi connectivity index (χ1n) is 8.85. The van der Waals surface area contributed by atoms with E-state index in [4.69, 9.17) is 0 Å². The van der Waals surface area contributed by atoms with E-state index in [9.17, 15) is 9.59 Å². The lowest BCUT2D eigenvalue weighted by molar-refractivity contribution is -0.117. The molecule has 124 valence electrons. The lowest BCUT2D eigenvalue weighted by Gasteiger charge is -2.19. The Morgan fingerprint density at radius 2 is 1.96 bits per heavy atom. The lowest BCUT2D eigenvalue weighted by atomic mass is 9.87. The van der Waals surface area contributed by atoms with Gasteiger partial charge < -0.3 is 10.6 Å². The van der Waals surface area contributed by atoms with Crippen molar-refractivity contribution in [3.63, 3.8) is 0 Å². The maximum absolute atomic E-state index is 12.7. The molecule has 2 N–H and O–H groups in total. The van der Waals surface area contributed by atoms with Crippen LogP contribution in [-0.4, -0.2) is 18.4 Å². The number of anilines is 1. The highest BCUT2D eigenvalue weighted by Crippen LogP contribution is 2.41. The third-order valence-electron chi connectivity index (χ3n) is 5.17. The normalized spacial score (nSPS) is 23.3. The van der Waals surface area contributed by atoms with E-state index < -0.39 is 0 Å². The van der Waals surface area contributed by atoms with Crippen LogP contribution in [0.5, 0.6) is 0 Å². The first kappa shape index (κ1) is 15.2. The molecule has 3 aliphatic rings. The van der Waals surface area contributed by atoms with Crippen LogP contribution in [0.1, 0.15) is 59.8 Å². The fourth-order valence-electron chi connectivity index (χ4n) is 3.29. The topological polar surface area (TPSA) is 58.2 Å². The molecule has 2 saturated carbocycles. The van der Waals surface area contributed by atoms with Crippen molar-refractivity contribution in [2.24, 2.45) is 17.8 Å². The molecule has 2 amide bonds. The van der Waals surface area contributed by atoms with Gasteiger partial charge in [0.1, 0.15) is 5.00 Å². The van der Waals surface area contributed by atoms with Crippen molar-refractivity contribution in [3.05, 3.63) is 16.0 Å². The fourth-order valence-corrected chi connectivity index (χ4v) is 4.54. The Labute approximate surface area is 141 Å². The SMILES string of the molecule is CC1CCc2sc(NC(=O)C3CC3)c(C(=O)NCC3CC3)c2C1. The van der Waals surface area contributed by atoms with Crippen LogP contribution in [0.3, 0.4) is 0 Å². The summed E-state index contributed by atoms with van der Waals surface area (Å²) in [6.45, 7) is 3.02. The summed E-state index contributed by atoms with van der Waals surface area (Å²) in [5, 5.41) is 6.92. The second-order valence-electron chi connectivity index (χ2n) is 7.47. The average molecular weight is 332 g/mol. The predicted molar refractivity (Wildman–Crippen MR) is 91.9 cm³/mol. The van der Waals surface area contributed by atoms with Gasteiger partial charge in [-0.15, -0.1) is 11.3 Å². The van der Waals surface area contributed by atoms with E-state index in [1.807, 2.05) is 0 Å². The molecule has 0 aliphatic heterocycles. The largest absolute Gasteiger partial charge is 0.352 e. The van der Waals surface area contributed by atoms with Gasteiger partial charge in [0.15, 0.2) is 0 Å². The smallest absolute Gasteiger partial charge is 0.254 e. The number of nitrogens with one attached hydrogen (secondary N) is 2. The number of hydrogen-bond donors (Lipinski definition) is 2. The third-order valence-corrected chi connectivity index (χ3v) is 6.37. The van der Waals surface area contributed by atoms with Crippen LogP contribution in [0, 0.1) is 17.8 Å². The second kappa shape index (κ2) is 5.93. The fraction of sp³-hybridized carbons (Fsp3) is 0.667. The number of aryl methyl sites for hydroxylation is 1. The summed E-state index contributed by atoms with van der Waals surface area (Å²) in [6, 6.07) is 0. The highest BCUT2D eigenvalue weighted by Gasteiger charge is 2.33. The van der Waals surface area contributed by atoms with E-state index in [2.05, 4.69) is 17.6 Å². The third kappa shape index (κ3) is 3.30. The molecule has 5 heteroatoms. The van der Waals surface area contributed by atoms with E-state index in [0.29, 0.717) is 11.8 Å². The van der Waals surface area contributed by atoms with Gasteiger partial charge in [-0.3, -0.25) is 9.59 Å². The van der Waals surface area contributed by atoms with E-state index >= 15 is 0 Å². The predicted octanol–water partition coefficient (Wildman–Crippen LogP) is 3.36. The molecule has 0 spiro atoms. The lowest BCUT2D eigenvalue weighted by Crippen LogP contribution is -2.28. The summed E-state index contributed by atoms with van der Waals surface area (Å²) in [6.07, 6.45) is 7.58. The number of rotatable bonds is 5. The van der Waals surface area contributed by atoms with Gasteiger partial charge in [-0.25, -0.2) is 0 Å². The highest BCUT2D eigenvalue weighted by molar-refractivity contribution is 7.17. The zero-order chi connectivity index (χ0) is 16.0. The molecule has 2 fully saturated rings. The van der Waals surface area contributed by atoms with Gasteiger partial charge in [-0.2, -0.15) is 0 Å². The molecular weight excluding hydrogens is 308 g/mol. The average Bonchev–Trinajstić information content (AvgIpc) is 3.42. The monoisotopic (exact) mass is 332 g/mol. The zero-order valence-electron chi connectivity index (χ0n) is 13.6. The van der Waals surface area contributed by atoms with Crippen molar-refractivity contribution in [2.75, 3.05) is 11.9 Å². The molecule has 0 radical (unpaired) electrons. The molecule has 0 aromatic carbocycles. The molecule has 3 aliphatic carbocycles. The summed E-state index contributed by atoms with van der Waals surface area (Å²) >= 11 is 1.62. The van der Waals surface area contributed by atoms with E-state index in [-0.39, 0.29) is 17.7 Å². The Kier molecular flexibility index (Phi) is 3.92. The first-order chi connectivity index (χ1) is 11.1. The minimum atomic E-state index is 0.00889. The summed E-state index contributed by atoms with van der Waals surface area (Å²) in [5.41, 5.74) is 1.94. The number of amides is 2. The molecule has 4 nitrogen and oxygen atoms in total. The molecule has 1 unspecified atom stereocenters. The van der Waals surface area contributed by atoms with Gasteiger partial charge in [0.2, 0.25) is 5.91 Å². The van der Waals surface area contributed by atoms with Crippen molar-refractivity contribution >= 4 is 28.2 Å². The quantitative estimate of drug-likeness (QED) is 0.868. The molecular formula is C18H24N2O2S. The van der Waals surface area contributed by atoms with Crippen LogP contribution in [-0.2, 0) is 17.6 Å². The van der Waals surface area contributed by atoms with Gasteiger partial charge in [0.05, 0.1) is 5.56 Å². The van der Waals surface area contributed by atoms with Crippen LogP contribution in [0.4, 0.5) is 5.00 Å². The van der Waals surface area contributed by atoms with Crippen LogP contribution in [0.2, 0.25) is 0 Å². The Bertz CT molecular complexity index is 644. The number of fused-ring (bicyclic) bond motifs is 1. The number of hydrogen-bond acceptors (Lipinski definition) is 3. The van der Waals surface area contributed by atoms with Gasteiger partial charge in [0, 0.05) is 17.3 Å². The standard InChI is InChI=1S/C18H24N2O2S/c1-10-2-7-14-13(8-10)15(17(22)19-9-11-3-4-11)18(23-14)20-16(21)12-5-6-12/h10-12H,2-9H2,1H3,(H,19,22)(H,20,21). The molecule has 23 heavy (non-hydrogen) atoms. The van der Waals surface area contributed by atoms with Crippen LogP contribution in [0.15, 0.2) is 0 Å². The Hall–Kier alpha value is -1.36. The minimum absolute atomic E-state index is 0.00889. The van der Waals surface area contributed by atoms with Gasteiger partial charge in [-0.1, -0.05) is 6.92 Å². The minimum Gasteiger partial charge on any atom is -0.352 e. The van der Waals surface area contributed by atoms with Crippen molar-refractivity contribution in [2.45, 2.75) is 51.9 Å². The van der Waals surface area contributed by atoms with Gasteiger partial charge in [-0.05, 0) is 62.3 Å². The number of carbonyl (C=O) groups is 2. The maximum atomic E-state index is 12.7. The second-order valence-corrected chi connectivity index (χ2v) is 8.58. The first-order valence-corrected chi connectivity index (χ1v) is 9.67. The van der Waals surface area contributed by atoms with Crippen molar-refractivity contribution in [3.8, 4) is 0 Å². The highest BCUT2D eigenvalue weighted by atomic mass is 32.1. The summed E-state index contributed by atoms with van der Waals surface area (Å²) in [4.78, 5) is 26.2. The molecule has 0 saturated heterocycles. The van der Waals surface area contributed by atoms with Crippen LogP contribution >= 0.6 is 11.3 Å². The molecule has 1 aromatic heterocycles. The Morgan fingerprint density at radius 1 is 1.17 bits per heavy atom. The number of thiophene rings is 1. The number of carbonyl (C=O) groups excluding carboxylic acids is 2. The molecule has 0 bridgehead atoms. The summed E-state index contributed by atoms with van der Waals surface area (Å²) in [5.74, 6) is 1.54. The Balaban J connectivity index is 1.60. The zero-order valence-corrected chi connectivity index (χ0v) is 14.4. The molecule has 4 rings (SSSR count). The molecule has 1 aromatic rings. The van der Waals surface area contributed by atoms with Crippen LogP contribution in [0.25, 0.3) is 0 Å². The maximum Gasteiger partial charge on any atom is 0.254 e. The van der Waals surface area contributed by atoms with Crippen LogP contribution < -0.4 is 10.6 Å². The molecule has 1 heterocycles. The Morgan fingerprint density at radius 3 is 2.65 bits per heavy atom. The van der Waals surface area contributed by atoms with E-state index in [1.54, 1.807) is 11.3 Å².